The lowest BCUT2D eigenvalue weighted by atomic mass is 10.1. The Kier molecular flexibility index (Phi) is 3.37. The van der Waals surface area contributed by atoms with Gasteiger partial charge in [-0.2, -0.15) is 0 Å². The zero-order valence-corrected chi connectivity index (χ0v) is 11.2. The Morgan fingerprint density at radius 3 is 2.76 bits per heavy atom. The van der Waals surface area contributed by atoms with Crippen molar-refractivity contribution in [1.29, 1.82) is 0 Å². The lowest BCUT2D eigenvalue weighted by Gasteiger charge is -2.15. The van der Waals surface area contributed by atoms with Crippen molar-refractivity contribution < 1.29 is 19.7 Å². The standard InChI is InChI=1S/C11H16N6O4/c1-20-10-5-8(13)14-3-15-9(5)17(16-10)11-7(19)6(18)4(2-12)21-11/h3-4,6-7,11,18-19H,2,12H2,1H3,(H2,13,14,15)/t4-,6-,7-,11-/m1/s1. The second-order valence-corrected chi connectivity index (χ2v) is 4.69. The van der Waals surface area contributed by atoms with E-state index in [1.54, 1.807) is 0 Å². The van der Waals surface area contributed by atoms with E-state index in [1.165, 1.54) is 18.1 Å². The predicted octanol–water partition coefficient (Wildman–Crippen LogP) is -2.00. The fourth-order valence-electron chi connectivity index (χ4n) is 2.41. The second-order valence-electron chi connectivity index (χ2n) is 4.69. The minimum atomic E-state index is -1.19. The van der Waals surface area contributed by atoms with Gasteiger partial charge in [-0.05, 0) is 0 Å². The fourth-order valence-corrected chi connectivity index (χ4v) is 2.41. The molecule has 10 nitrogen and oxygen atoms in total. The monoisotopic (exact) mass is 296 g/mol. The molecule has 0 aliphatic carbocycles. The minimum Gasteiger partial charge on any atom is -0.479 e. The molecule has 4 atom stereocenters. The number of nitrogens with zero attached hydrogens (tertiary/aromatic N) is 4. The van der Waals surface area contributed by atoms with Crippen LogP contribution in [0.25, 0.3) is 11.0 Å². The molecule has 10 heteroatoms. The van der Waals surface area contributed by atoms with E-state index in [-0.39, 0.29) is 18.2 Å². The number of nitrogen functional groups attached to an aromatic ring is 1. The van der Waals surface area contributed by atoms with Gasteiger partial charge in [-0.1, -0.05) is 0 Å². The second kappa shape index (κ2) is 5.07. The number of methoxy groups -OCH3 is 1. The first-order valence-electron chi connectivity index (χ1n) is 6.32. The van der Waals surface area contributed by atoms with Gasteiger partial charge in [0.1, 0.15) is 35.8 Å². The van der Waals surface area contributed by atoms with Crippen LogP contribution < -0.4 is 16.2 Å². The molecular weight excluding hydrogens is 280 g/mol. The number of aromatic nitrogens is 4. The summed E-state index contributed by atoms with van der Waals surface area (Å²) in [5.74, 6) is 0.413. The third-order valence-corrected chi connectivity index (χ3v) is 3.49. The summed E-state index contributed by atoms with van der Waals surface area (Å²) in [6, 6.07) is 0. The lowest BCUT2D eigenvalue weighted by molar-refractivity contribution is -0.0397. The van der Waals surface area contributed by atoms with E-state index < -0.39 is 24.5 Å². The van der Waals surface area contributed by atoms with Gasteiger partial charge in [-0.15, -0.1) is 5.10 Å². The van der Waals surface area contributed by atoms with Crippen molar-refractivity contribution in [3.05, 3.63) is 6.33 Å². The smallest absolute Gasteiger partial charge is 0.246 e. The van der Waals surface area contributed by atoms with Gasteiger partial charge in [-0.25, -0.2) is 14.6 Å². The van der Waals surface area contributed by atoms with Gasteiger partial charge >= 0.3 is 0 Å². The number of aliphatic hydroxyl groups excluding tert-OH is 2. The molecule has 0 amide bonds. The zero-order chi connectivity index (χ0) is 15.1. The molecule has 114 valence electrons. The summed E-state index contributed by atoms with van der Waals surface area (Å²) in [6.45, 7) is 0.0716. The number of hydrogen-bond donors (Lipinski definition) is 4. The zero-order valence-electron chi connectivity index (χ0n) is 11.2. The van der Waals surface area contributed by atoms with Crippen molar-refractivity contribution >= 4 is 16.9 Å². The van der Waals surface area contributed by atoms with E-state index in [0.717, 1.165) is 0 Å². The van der Waals surface area contributed by atoms with E-state index in [0.29, 0.717) is 11.0 Å². The molecule has 0 spiro atoms. The molecule has 0 unspecified atom stereocenters. The number of rotatable bonds is 3. The third-order valence-electron chi connectivity index (χ3n) is 3.49. The van der Waals surface area contributed by atoms with Gasteiger partial charge < -0.3 is 31.2 Å². The highest BCUT2D eigenvalue weighted by atomic mass is 16.6. The average Bonchev–Trinajstić information content (AvgIpc) is 2.99. The molecule has 3 rings (SSSR count). The SMILES string of the molecule is COc1nn([C@@H]2O[C@H](CN)[C@@H](O)[C@H]2O)c2ncnc(N)c12. The molecule has 0 radical (unpaired) electrons. The van der Waals surface area contributed by atoms with Gasteiger partial charge in [0.05, 0.1) is 7.11 Å². The highest BCUT2D eigenvalue weighted by Crippen LogP contribution is 2.34. The van der Waals surface area contributed by atoms with Crippen LogP contribution in [0.5, 0.6) is 5.88 Å². The summed E-state index contributed by atoms with van der Waals surface area (Å²) < 4.78 is 12.0. The summed E-state index contributed by atoms with van der Waals surface area (Å²) >= 11 is 0. The summed E-state index contributed by atoms with van der Waals surface area (Å²) in [5.41, 5.74) is 11.6. The summed E-state index contributed by atoms with van der Waals surface area (Å²) in [6.07, 6.45) is -2.65. The molecule has 6 N–H and O–H groups in total. The first-order valence-corrected chi connectivity index (χ1v) is 6.32. The Hall–Kier alpha value is -2.01. The van der Waals surface area contributed by atoms with Crippen molar-refractivity contribution in [3.8, 4) is 5.88 Å². The van der Waals surface area contributed by atoms with E-state index in [9.17, 15) is 10.2 Å². The Labute approximate surface area is 119 Å². The van der Waals surface area contributed by atoms with E-state index >= 15 is 0 Å². The first kappa shape index (κ1) is 13.9. The molecule has 1 aliphatic rings. The maximum absolute atomic E-state index is 10.1. The number of fused-ring (bicyclic) bond motifs is 1. The topological polar surface area (TPSA) is 155 Å². The molecule has 1 aliphatic heterocycles. The van der Waals surface area contributed by atoms with Gasteiger partial charge in [-0.3, -0.25) is 0 Å². The summed E-state index contributed by atoms with van der Waals surface area (Å²) in [4.78, 5) is 7.97. The predicted molar refractivity (Wildman–Crippen MR) is 71.3 cm³/mol. The molecule has 0 saturated carbocycles. The maximum Gasteiger partial charge on any atom is 0.246 e. The molecule has 3 heterocycles. The van der Waals surface area contributed by atoms with Crippen LogP contribution in [0.15, 0.2) is 6.33 Å². The number of anilines is 1. The molecule has 1 saturated heterocycles. The van der Waals surface area contributed by atoms with E-state index in [1.807, 2.05) is 0 Å². The molecule has 2 aromatic rings. The normalized spacial score (nSPS) is 29.1. The lowest BCUT2D eigenvalue weighted by Crippen LogP contribution is -2.35. The first-order chi connectivity index (χ1) is 10.1. The van der Waals surface area contributed by atoms with Crippen LogP contribution in [-0.4, -0.2) is 61.9 Å². The van der Waals surface area contributed by atoms with Crippen molar-refractivity contribution in [2.24, 2.45) is 5.73 Å². The van der Waals surface area contributed by atoms with Crippen molar-refractivity contribution in [2.75, 3.05) is 19.4 Å². The van der Waals surface area contributed by atoms with Crippen LogP contribution in [-0.2, 0) is 4.74 Å². The summed E-state index contributed by atoms with van der Waals surface area (Å²) in [7, 11) is 1.43. The van der Waals surface area contributed by atoms with Crippen LogP contribution in [0.4, 0.5) is 5.82 Å². The van der Waals surface area contributed by atoms with Crippen molar-refractivity contribution in [3.63, 3.8) is 0 Å². The van der Waals surface area contributed by atoms with Crippen molar-refractivity contribution in [1.82, 2.24) is 19.7 Å². The van der Waals surface area contributed by atoms with Gasteiger partial charge in [0, 0.05) is 6.54 Å². The van der Waals surface area contributed by atoms with Crippen LogP contribution in [0.3, 0.4) is 0 Å². The molecule has 1 fully saturated rings. The molecule has 21 heavy (non-hydrogen) atoms. The van der Waals surface area contributed by atoms with Gasteiger partial charge in [0.25, 0.3) is 0 Å². The Morgan fingerprint density at radius 1 is 1.38 bits per heavy atom. The summed E-state index contributed by atoms with van der Waals surface area (Å²) in [5, 5.41) is 24.6. The van der Waals surface area contributed by atoms with Crippen molar-refractivity contribution in [2.45, 2.75) is 24.5 Å². The van der Waals surface area contributed by atoms with Gasteiger partial charge in [0.2, 0.25) is 5.88 Å². The molecular formula is C11H16N6O4. The van der Waals surface area contributed by atoms with Gasteiger partial charge in [0.15, 0.2) is 11.9 Å². The maximum atomic E-state index is 10.1. The van der Waals surface area contributed by atoms with E-state index in [2.05, 4.69) is 15.1 Å². The van der Waals surface area contributed by atoms with Crippen LogP contribution in [0.1, 0.15) is 6.23 Å². The van der Waals surface area contributed by atoms with Crippen LogP contribution >= 0.6 is 0 Å². The molecule has 2 aromatic heterocycles. The molecule has 0 aromatic carbocycles. The average molecular weight is 296 g/mol. The Balaban J connectivity index is 2.11. The number of nitrogens with two attached hydrogens (primary N) is 2. The van der Waals surface area contributed by atoms with Crippen LogP contribution in [0.2, 0.25) is 0 Å². The fraction of sp³-hybridized carbons (Fsp3) is 0.545. The quantitative estimate of drug-likeness (QED) is 0.503. The largest absolute Gasteiger partial charge is 0.479 e. The highest BCUT2D eigenvalue weighted by molar-refractivity contribution is 5.90. The van der Waals surface area contributed by atoms with Crippen LogP contribution in [0, 0.1) is 0 Å². The minimum absolute atomic E-state index is 0.0716. The molecule has 0 bridgehead atoms. The Morgan fingerprint density at radius 2 is 2.14 bits per heavy atom. The number of ether oxygens (including phenoxy) is 2. The highest BCUT2D eigenvalue weighted by Gasteiger charge is 2.44. The number of aliphatic hydroxyl groups is 2. The third kappa shape index (κ3) is 2.00. The Bertz CT molecular complexity index is 661. The number of hydrogen-bond acceptors (Lipinski definition) is 9. The van der Waals surface area contributed by atoms with E-state index in [4.69, 9.17) is 20.9 Å².